The first-order valence-electron chi connectivity index (χ1n) is 9.90. The maximum atomic E-state index is 12.1. The zero-order chi connectivity index (χ0) is 18.2. The third kappa shape index (κ3) is 1.38. The van der Waals surface area contributed by atoms with E-state index in [1.54, 1.807) is 0 Å². The van der Waals surface area contributed by atoms with Crippen molar-refractivity contribution in [2.45, 2.75) is 75.7 Å². The highest BCUT2D eigenvalue weighted by Gasteiger charge is 2.94. The van der Waals surface area contributed by atoms with Gasteiger partial charge in [0.1, 0.15) is 18.3 Å². The van der Waals surface area contributed by atoms with Crippen LogP contribution in [0.2, 0.25) is 0 Å². The lowest BCUT2D eigenvalue weighted by Gasteiger charge is -2.54. The van der Waals surface area contributed by atoms with Crippen molar-refractivity contribution in [1.29, 1.82) is 0 Å². The van der Waals surface area contributed by atoms with Crippen molar-refractivity contribution in [3.63, 3.8) is 0 Å². The van der Waals surface area contributed by atoms with E-state index in [9.17, 15) is 15.0 Å². The van der Waals surface area contributed by atoms with Crippen LogP contribution in [-0.2, 0) is 19.0 Å². The fraction of sp³-hybridized carbons (Fsp3) is 0.850. The third-order valence-corrected chi connectivity index (χ3v) is 8.65. The number of esters is 1. The van der Waals surface area contributed by atoms with Crippen molar-refractivity contribution in [1.82, 2.24) is 0 Å². The highest BCUT2D eigenvalue weighted by Crippen LogP contribution is 2.79. The number of aliphatic hydroxyl groups is 2. The van der Waals surface area contributed by atoms with Crippen molar-refractivity contribution in [3.8, 4) is 0 Å². The van der Waals surface area contributed by atoms with Crippen LogP contribution in [0.3, 0.4) is 0 Å². The first-order valence-corrected chi connectivity index (χ1v) is 9.90. The van der Waals surface area contributed by atoms with Crippen LogP contribution in [0, 0.1) is 23.2 Å². The van der Waals surface area contributed by atoms with E-state index in [0.717, 1.165) is 24.0 Å². The molecule has 3 heterocycles. The van der Waals surface area contributed by atoms with E-state index in [2.05, 4.69) is 6.92 Å². The summed E-state index contributed by atoms with van der Waals surface area (Å²) in [5, 5.41) is 22.3. The van der Waals surface area contributed by atoms with Crippen LogP contribution in [0.1, 0.15) is 40.0 Å². The minimum atomic E-state index is -0.726. The summed E-state index contributed by atoms with van der Waals surface area (Å²) in [5.74, 6) is -0.118. The van der Waals surface area contributed by atoms with E-state index in [-0.39, 0.29) is 41.3 Å². The second-order valence-electron chi connectivity index (χ2n) is 9.72. The first kappa shape index (κ1) is 16.0. The Kier molecular flexibility index (Phi) is 2.70. The van der Waals surface area contributed by atoms with Gasteiger partial charge in [0.25, 0.3) is 0 Å². The Bertz CT molecular complexity index is 759. The number of ether oxygens (including phenoxy) is 3. The normalized spacial score (nSPS) is 59.1. The highest BCUT2D eigenvalue weighted by atomic mass is 16.7. The number of fused-ring (bicyclic) bond motifs is 2. The van der Waals surface area contributed by atoms with Crippen LogP contribution < -0.4 is 0 Å². The summed E-state index contributed by atoms with van der Waals surface area (Å²) in [4.78, 5) is 12.1. The van der Waals surface area contributed by atoms with Gasteiger partial charge in [-0.3, -0.25) is 0 Å². The number of carbonyl (C=O) groups is 1. The van der Waals surface area contributed by atoms with Gasteiger partial charge in [-0.1, -0.05) is 20.8 Å². The van der Waals surface area contributed by atoms with E-state index in [0.29, 0.717) is 13.0 Å². The molecule has 0 radical (unpaired) electrons. The number of cyclic esters (lactones) is 1. The topological polar surface area (TPSA) is 91.8 Å². The highest BCUT2D eigenvalue weighted by molar-refractivity contribution is 5.92. The summed E-state index contributed by atoms with van der Waals surface area (Å²) in [6.45, 7) is 6.65. The fourth-order valence-corrected chi connectivity index (χ4v) is 7.39. The quantitative estimate of drug-likeness (QED) is 0.533. The number of hydrogen-bond donors (Lipinski definition) is 2. The van der Waals surface area contributed by atoms with Gasteiger partial charge in [0.2, 0.25) is 0 Å². The number of hydrogen-bond acceptors (Lipinski definition) is 6. The van der Waals surface area contributed by atoms with Gasteiger partial charge in [-0.15, -0.1) is 0 Å². The number of rotatable bonds is 1. The van der Waals surface area contributed by atoms with Gasteiger partial charge < -0.3 is 24.4 Å². The Hall–Kier alpha value is -0.950. The molecule has 2 unspecified atom stereocenters. The molecule has 0 aromatic rings. The van der Waals surface area contributed by atoms with Gasteiger partial charge in [0.05, 0.1) is 18.3 Å². The fourth-order valence-electron chi connectivity index (χ4n) is 7.39. The lowest BCUT2D eigenvalue weighted by Crippen LogP contribution is -2.69. The van der Waals surface area contributed by atoms with Crippen LogP contribution in [0.4, 0.5) is 0 Å². The molecule has 3 aliphatic carbocycles. The third-order valence-electron chi connectivity index (χ3n) is 8.65. The Labute approximate surface area is 152 Å². The van der Waals surface area contributed by atoms with E-state index >= 15 is 0 Å². The molecule has 6 rings (SSSR count). The van der Waals surface area contributed by atoms with Crippen molar-refractivity contribution >= 4 is 5.97 Å². The summed E-state index contributed by atoms with van der Waals surface area (Å²) in [5.41, 5.74) is 0.333. The van der Waals surface area contributed by atoms with Crippen LogP contribution >= 0.6 is 0 Å². The van der Waals surface area contributed by atoms with Gasteiger partial charge >= 0.3 is 5.97 Å². The maximum Gasteiger partial charge on any atom is 0.334 e. The smallest absolute Gasteiger partial charge is 0.334 e. The van der Waals surface area contributed by atoms with Crippen molar-refractivity contribution in [2.75, 3.05) is 6.61 Å². The molecule has 6 heteroatoms. The SMILES string of the molecule is CC(C)C1[C@@H](O)[C@@H]2O[C@@]23[C@@]2(C)CCC4=C(COC4=O)[C@@H]2CC2O[C@@]23[C@@H]1O. The Morgan fingerprint density at radius 1 is 1.23 bits per heavy atom. The molecule has 0 aromatic heterocycles. The Morgan fingerprint density at radius 3 is 2.73 bits per heavy atom. The van der Waals surface area contributed by atoms with E-state index in [1.165, 1.54) is 0 Å². The lowest BCUT2D eigenvalue weighted by atomic mass is 9.46. The summed E-state index contributed by atoms with van der Waals surface area (Å²) < 4.78 is 17.9. The number of aliphatic hydroxyl groups excluding tert-OH is 2. The molecule has 142 valence electrons. The minimum Gasteiger partial charge on any atom is -0.458 e. The second-order valence-corrected chi connectivity index (χ2v) is 9.72. The molecule has 2 saturated heterocycles. The number of epoxide rings is 2. The zero-order valence-corrected chi connectivity index (χ0v) is 15.4. The summed E-state index contributed by atoms with van der Waals surface area (Å²) >= 11 is 0. The monoisotopic (exact) mass is 362 g/mol. The van der Waals surface area contributed by atoms with Crippen LogP contribution in [0.15, 0.2) is 11.1 Å². The van der Waals surface area contributed by atoms with Gasteiger partial charge in [-0.2, -0.15) is 0 Å². The van der Waals surface area contributed by atoms with E-state index in [4.69, 9.17) is 14.2 Å². The molecular formula is C20H26O6. The first-order chi connectivity index (χ1) is 12.3. The molecule has 2 N–H and O–H groups in total. The second kappa shape index (κ2) is 4.37. The van der Waals surface area contributed by atoms with Crippen molar-refractivity contribution in [2.24, 2.45) is 23.2 Å². The standard InChI is InChI=1S/C20H26O6/c1-8(2)13-14(21)16-20(26-16)18(3)5-4-9-10(7-24-17(9)23)11(18)6-12-19(20,25-12)15(13)22/h8,11-16,21-22H,4-7H2,1-3H3/t11-,12?,13?,14+,15+,16-,18-,19+,20+/m0/s1. The van der Waals surface area contributed by atoms with E-state index in [1.807, 2.05) is 13.8 Å². The molecule has 0 amide bonds. The average Bonchev–Trinajstić information content (AvgIpc) is 3.45. The number of carbonyl (C=O) groups excluding carboxylic acids is 1. The van der Waals surface area contributed by atoms with Gasteiger partial charge in [-0.25, -0.2) is 4.79 Å². The summed E-state index contributed by atoms with van der Waals surface area (Å²) in [6, 6.07) is 0. The Balaban J connectivity index is 1.48. The van der Waals surface area contributed by atoms with E-state index < -0.39 is 23.4 Å². The predicted octanol–water partition coefficient (Wildman–Crippen LogP) is 0.943. The van der Waals surface area contributed by atoms with Crippen LogP contribution in [-0.4, -0.2) is 58.4 Å². The van der Waals surface area contributed by atoms with Gasteiger partial charge in [-0.05, 0) is 36.7 Å². The molecule has 0 aromatic carbocycles. The molecule has 3 aliphatic heterocycles. The molecule has 2 spiro atoms. The molecule has 2 saturated carbocycles. The van der Waals surface area contributed by atoms with Gasteiger partial charge in [0, 0.05) is 16.9 Å². The molecule has 6 nitrogen and oxygen atoms in total. The molecule has 6 aliphatic rings. The van der Waals surface area contributed by atoms with Gasteiger partial charge in [0.15, 0.2) is 5.60 Å². The molecule has 9 atom stereocenters. The van der Waals surface area contributed by atoms with Crippen molar-refractivity contribution in [3.05, 3.63) is 11.1 Å². The predicted molar refractivity (Wildman–Crippen MR) is 89.0 cm³/mol. The maximum absolute atomic E-state index is 12.1. The molecule has 0 bridgehead atoms. The molecule has 26 heavy (non-hydrogen) atoms. The van der Waals surface area contributed by atoms with Crippen LogP contribution in [0.25, 0.3) is 0 Å². The van der Waals surface area contributed by atoms with Crippen LogP contribution in [0.5, 0.6) is 0 Å². The average molecular weight is 362 g/mol. The summed E-state index contributed by atoms with van der Waals surface area (Å²) in [6.07, 6.45) is 0.490. The largest absolute Gasteiger partial charge is 0.458 e. The Morgan fingerprint density at radius 2 is 2.00 bits per heavy atom. The zero-order valence-electron chi connectivity index (χ0n) is 15.4. The minimum absolute atomic E-state index is 0.0723. The molecule has 4 fully saturated rings. The lowest BCUT2D eigenvalue weighted by molar-refractivity contribution is -0.136. The summed E-state index contributed by atoms with van der Waals surface area (Å²) in [7, 11) is 0. The molecular weight excluding hydrogens is 336 g/mol. The van der Waals surface area contributed by atoms with Crippen molar-refractivity contribution < 1.29 is 29.2 Å².